The van der Waals surface area contributed by atoms with Crippen LogP contribution >= 0.6 is 12.2 Å². The lowest BCUT2D eigenvalue weighted by Crippen LogP contribution is -1.86. The summed E-state index contributed by atoms with van der Waals surface area (Å²) in [5, 5.41) is 4.65. The normalized spacial score (nSPS) is 9.71. The predicted molar refractivity (Wildman–Crippen MR) is 60.5 cm³/mol. The molecule has 0 radical (unpaired) electrons. The number of hydrogen-bond donors (Lipinski definition) is 0. The number of thiocarbonyl (C=S) groups is 1. The van der Waals surface area contributed by atoms with Crippen LogP contribution in [0.3, 0.4) is 0 Å². The SMILES string of the molecule is S=C=NCc1cc2ccccc2cn1. The summed E-state index contributed by atoms with van der Waals surface area (Å²) in [7, 11) is 0. The number of pyridine rings is 1. The largest absolute Gasteiger partial charge is 0.259 e. The van der Waals surface area contributed by atoms with E-state index in [2.05, 4.69) is 33.4 Å². The third-order valence-corrected chi connectivity index (χ3v) is 2.12. The molecular formula is C11H8N2S. The molecule has 0 fully saturated rings. The Morgan fingerprint density at radius 2 is 2.07 bits per heavy atom. The Morgan fingerprint density at radius 3 is 2.86 bits per heavy atom. The van der Waals surface area contributed by atoms with Crippen LogP contribution in [0.25, 0.3) is 10.8 Å². The van der Waals surface area contributed by atoms with Gasteiger partial charge in [-0.25, -0.2) is 4.99 Å². The Kier molecular flexibility index (Phi) is 2.63. The van der Waals surface area contributed by atoms with E-state index in [0.29, 0.717) is 6.54 Å². The fraction of sp³-hybridized carbons (Fsp3) is 0.0909. The Morgan fingerprint density at radius 1 is 1.29 bits per heavy atom. The van der Waals surface area contributed by atoms with Crippen LogP contribution in [0.5, 0.6) is 0 Å². The molecule has 0 aliphatic rings. The summed E-state index contributed by atoms with van der Waals surface area (Å²) in [5.41, 5.74) is 0.918. The average molecular weight is 200 g/mol. The van der Waals surface area contributed by atoms with Gasteiger partial charge in [0.2, 0.25) is 0 Å². The molecule has 0 amide bonds. The molecule has 2 rings (SSSR count). The zero-order valence-electron chi connectivity index (χ0n) is 7.47. The van der Waals surface area contributed by atoms with Gasteiger partial charge in [0, 0.05) is 11.6 Å². The van der Waals surface area contributed by atoms with E-state index in [0.717, 1.165) is 11.1 Å². The Balaban J connectivity index is 2.45. The van der Waals surface area contributed by atoms with Crippen molar-refractivity contribution in [2.24, 2.45) is 4.99 Å². The number of rotatable bonds is 2. The molecule has 2 aromatic rings. The maximum absolute atomic E-state index is 4.50. The monoisotopic (exact) mass is 200 g/mol. The van der Waals surface area contributed by atoms with Gasteiger partial charge in [-0.15, -0.1) is 0 Å². The molecule has 3 heteroatoms. The second-order valence-electron chi connectivity index (χ2n) is 2.93. The Hall–Kier alpha value is -1.57. The molecule has 0 unspecified atom stereocenters. The molecular weight excluding hydrogens is 192 g/mol. The summed E-state index contributed by atoms with van der Waals surface area (Å²) in [6, 6.07) is 10.1. The highest BCUT2D eigenvalue weighted by molar-refractivity contribution is 7.78. The average Bonchev–Trinajstić information content (AvgIpc) is 2.26. The standard InChI is InChI=1S/C11H8N2S/c14-8-12-7-11-5-9-3-1-2-4-10(9)6-13-11/h1-6H,7H2. The fourth-order valence-corrected chi connectivity index (χ4v) is 1.39. The van der Waals surface area contributed by atoms with E-state index in [1.165, 1.54) is 5.39 Å². The highest BCUT2D eigenvalue weighted by atomic mass is 32.1. The number of nitrogens with zero attached hydrogens (tertiary/aromatic N) is 2. The van der Waals surface area contributed by atoms with Crippen molar-refractivity contribution in [2.45, 2.75) is 6.54 Å². The molecule has 0 aliphatic carbocycles. The number of isothiocyanates is 1. The first-order valence-electron chi connectivity index (χ1n) is 4.27. The molecule has 1 aromatic heterocycles. The number of aromatic nitrogens is 1. The minimum absolute atomic E-state index is 0.508. The number of hydrogen-bond acceptors (Lipinski definition) is 3. The lowest BCUT2D eigenvalue weighted by Gasteiger charge is -1.98. The van der Waals surface area contributed by atoms with Gasteiger partial charge in [-0.3, -0.25) is 4.98 Å². The van der Waals surface area contributed by atoms with Gasteiger partial charge in [0.05, 0.1) is 17.4 Å². The maximum Gasteiger partial charge on any atom is 0.0915 e. The molecule has 1 aromatic carbocycles. The van der Waals surface area contributed by atoms with Crippen LogP contribution in [0.2, 0.25) is 0 Å². The van der Waals surface area contributed by atoms with E-state index >= 15 is 0 Å². The van der Waals surface area contributed by atoms with Gasteiger partial charge in [-0.1, -0.05) is 24.3 Å². The molecule has 0 atom stereocenters. The topological polar surface area (TPSA) is 25.2 Å². The van der Waals surface area contributed by atoms with Crippen molar-refractivity contribution in [3.05, 3.63) is 42.2 Å². The number of benzene rings is 1. The summed E-state index contributed by atoms with van der Waals surface area (Å²) in [6.07, 6.45) is 1.85. The van der Waals surface area contributed by atoms with Gasteiger partial charge in [0.25, 0.3) is 0 Å². The van der Waals surface area contributed by atoms with Gasteiger partial charge in [-0.2, -0.15) is 0 Å². The highest BCUT2D eigenvalue weighted by Crippen LogP contribution is 2.13. The molecule has 14 heavy (non-hydrogen) atoms. The van der Waals surface area contributed by atoms with Crippen molar-refractivity contribution in [3.8, 4) is 0 Å². The Labute approximate surface area is 87.3 Å². The maximum atomic E-state index is 4.50. The molecule has 1 heterocycles. The lowest BCUT2D eigenvalue weighted by atomic mass is 10.1. The number of fused-ring (bicyclic) bond motifs is 1. The minimum Gasteiger partial charge on any atom is -0.259 e. The zero-order chi connectivity index (χ0) is 9.80. The summed E-state index contributed by atoms with van der Waals surface area (Å²) in [4.78, 5) is 8.12. The zero-order valence-corrected chi connectivity index (χ0v) is 8.29. The van der Waals surface area contributed by atoms with Gasteiger partial charge in [0.1, 0.15) is 0 Å². The number of aliphatic imine (C=N–C) groups is 1. The smallest absolute Gasteiger partial charge is 0.0915 e. The van der Waals surface area contributed by atoms with Crippen LogP contribution in [0.1, 0.15) is 5.69 Å². The van der Waals surface area contributed by atoms with E-state index < -0.39 is 0 Å². The lowest BCUT2D eigenvalue weighted by molar-refractivity contribution is 1.01. The summed E-state index contributed by atoms with van der Waals surface area (Å²) in [5.74, 6) is 0. The second-order valence-corrected chi connectivity index (χ2v) is 3.11. The molecule has 0 aliphatic heterocycles. The van der Waals surface area contributed by atoms with Crippen LogP contribution in [0.4, 0.5) is 0 Å². The van der Waals surface area contributed by atoms with Gasteiger partial charge >= 0.3 is 0 Å². The van der Waals surface area contributed by atoms with Crippen LogP contribution in [-0.4, -0.2) is 10.1 Å². The molecule has 2 nitrogen and oxygen atoms in total. The van der Waals surface area contributed by atoms with Crippen LogP contribution in [-0.2, 0) is 6.54 Å². The molecule has 68 valence electrons. The van der Waals surface area contributed by atoms with E-state index in [-0.39, 0.29) is 0 Å². The molecule has 0 bridgehead atoms. The predicted octanol–water partition coefficient (Wildman–Crippen LogP) is 2.84. The second kappa shape index (κ2) is 4.09. The first-order valence-corrected chi connectivity index (χ1v) is 4.68. The van der Waals surface area contributed by atoms with Crippen molar-refractivity contribution in [1.82, 2.24) is 4.98 Å². The third-order valence-electron chi connectivity index (χ3n) is 1.99. The fourth-order valence-electron chi connectivity index (χ4n) is 1.33. The first-order chi connectivity index (χ1) is 6.90. The van der Waals surface area contributed by atoms with E-state index in [4.69, 9.17) is 0 Å². The van der Waals surface area contributed by atoms with E-state index in [1.807, 2.05) is 30.5 Å². The molecule has 0 spiro atoms. The highest BCUT2D eigenvalue weighted by Gasteiger charge is 1.95. The quantitative estimate of drug-likeness (QED) is 0.550. The van der Waals surface area contributed by atoms with Gasteiger partial charge in [-0.05, 0) is 23.7 Å². The van der Waals surface area contributed by atoms with Crippen LogP contribution in [0.15, 0.2) is 41.5 Å². The molecule has 0 saturated heterocycles. The summed E-state index contributed by atoms with van der Waals surface area (Å²) >= 11 is 4.50. The van der Waals surface area contributed by atoms with Crippen LogP contribution in [0, 0.1) is 0 Å². The van der Waals surface area contributed by atoms with Gasteiger partial charge < -0.3 is 0 Å². The summed E-state index contributed by atoms with van der Waals surface area (Å²) < 4.78 is 0. The molecule has 0 saturated carbocycles. The molecule has 0 N–H and O–H groups in total. The van der Waals surface area contributed by atoms with Crippen molar-refractivity contribution in [2.75, 3.05) is 0 Å². The minimum atomic E-state index is 0.508. The van der Waals surface area contributed by atoms with Crippen molar-refractivity contribution in [1.29, 1.82) is 0 Å². The summed E-state index contributed by atoms with van der Waals surface area (Å²) in [6.45, 7) is 0.508. The van der Waals surface area contributed by atoms with E-state index in [9.17, 15) is 0 Å². The van der Waals surface area contributed by atoms with Crippen molar-refractivity contribution < 1.29 is 0 Å². The van der Waals surface area contributed by atoms with Gasteiger partial charge in [0.15, 0.2) is 0 Å². The van der Waals surface area contributed by atoms with Crippen LogP contribution < -0.4 is 0 Å². The first kappa shape index (κ1) is 9.00. The third kappa shape index (κ3) is 1.84. The Bertz CT molecular complexity index is 501. The van der Waals surface area contributed by atoms with E-state index in [1.54, 1.807) is 0 Å². The van der Waals surface area contributed by atoms with Crippen molar-refractivity contribution >= 4 is 28.2 Å². The van der Waals surface area contributed by atoms with Crippen molar-refractivity contribution in [3.63, 3.8) is 0 Å².